The van der Waals surface area contributed by atoms with Gasteiger partial charge < -0.3 is 0 Å². The topological polar surface area (TPSA) is 84.0 Å². The zero-order valence-electron chi connectivity index (χ0n) is 8.72. The minimum absolute atomic E-state index is 0.122. The van der Waals surface area contributed by atoms with Crippen LogP contribution in [0.3, 0.4) is 0 Å². The Bertz CT molecular complexity index is 578. The summed E-state index contributed by atoms with van der Waals surface area (Å²) in [7, 11) is -3.95. The minimum atomic E-state index is -3.95. The first-order valence-electron chi connectivity index (χ1n) is 4.75. The van der Waals surface area contributed by atoms with E-state index in [0.717, 1.165) is 10.6 Å². The summed E-state index contributed by atoms with van der Waals surface area (Å²) in [6, 6.07) is 1.80. The third-order valence-electron chi connectivity index (χ3n) is 2.03. The third-order valence-corrected chi connectivity index (χ3v) is 3.55. The van der Waals surface area contributed by atoms with Crippen molar-refractivity contribution in [3.8, 4) is 10.6 Å². The third kappa shape index (κ3) is 3.55. The SMILES string of the molecule is O=S(=O)(O)CC[n+]1ccc(-c2nccs2)cn1. The summed E-state index contributed by atoms with van der Waals surface area (Å²) in [4.78, 5) is 4.13. The summed E-state index contributed by atoms with van der Waals surface area (Å²) in [6.07, 6.45) is 4.98. The van der Waals surface area contributed by atoms with Crippen molar-refractivity contribution in [1.82, 2.24) is 10.1 Å². The average Bonchev–Trinajstić information content (AvgIpc) is 2.79. The van der Waals surface area contributed by atoms with Crippen LogP contribution in [-0.2, 0) is 16.7 Å². The molecule has 8 heteroatoms. The van der Waals surface area contributed by atoms with Crippen molar-refractivity contribution in [3.63, 3.8) is 0 Å². The van der Waals surface area contributed by atoms with Crippen LogP contribution in [0.15, 0.2) is 30.0 Å². The van der Waals surface area contributed by atoms with E-state index in [2.05, 4.69) is 10.1 Å². The van der Waals surface area contributed by atoms with Crippen LogP contribution < -0.4 is 4.68 Å². The van der Waals surface area contributed by atoms with Gasteiger partial charge in [0.25, 0.3) is 10.1 Å². The van der Waals surface area contributed by atoms with Gasteiger partial charge in [-0.25, -0.2) is 4.98 Å². The molecule has 0 aliphatic rings. The second kappa shape index (κ2) is 4.86. The van der Waals surface area contributed by atoms with Crippen molar-refractivity contribution in [2.24, 2.45) is 0 Å². The second-order valence-electron chi connectivity index (χ2n) is 3.30. The molecule has 0 saturated heterocycles. The van der Waals surface area contributed by atoms with Crippen LogP contribution in [0.5, 0.6) is 0 Å². The molecular weight excluding hydrogens is 262 g/mol. The van der Waals surface area contributed by atoms with Crippen molar-refractivity contribution < 1.29 is 17.7 Å². The monoisotopic (exact) mass is 272 g/mol. The maximum Gasteiger partial charge on any atom is 0.271 e. The molecule has 0 saturated carbocycles. The Labute approximate surface area is 102 Å². The number of aromatic nitrogens is 3. The molecule has 0 amide bonds. The molecule has 0 fully saturated rings. The second-order valence-corrected chi connectivity index (χ2v) is 5.77. The van der Waals surface area contributed by atoms with E-state index in [1.807, 2.05) is 5.38 Å². The molecule has 2 heterocycles. The van der Waals surface area contributed by atoms with E-state index in [1.54, 1.807) is 24.7 Å². The van der Waals surface area contributed by atoms with E-state index >= 15 is 0 Å². The van der Waals surface area contributed by atoms with Crippen LogP contribution in [0.2, 0.25) is 0 Å². The average molecular weight is 272 g/mol. The fourth-order valence-corrected chi connectivity index (χ4v) is 2.26. The molecule has 90 valence electrons. The Morgan fingerprint density at radius 3 is 2.82 bits per heavy atom. The van der Waals surface area contributed by atoms with Crippen molar-refractivity contribution in [1.29, 1.82) is 0 Å². The minimum Gasteiger partial charge on any atom is -0.285 e. The van der Waals surface area contributed by atoms with Gasteiger partial charge in [-0.15, -0.1) is 11.3 Å². The van der Waals surface area contributed by atoms with E-state index in [0.29, 0.717) is 0 Å². The summed E-state index contributed by atoms with van der Waals surface area (Å²) in [5.74, 6) is -0.346. The highest BCUT2D eigenvalue weighted by atomic mass is 32.2. The maximum absolute atomic E-state index is 10.6. The maximum atomic E-state index is 10.6. The largest absolute Gasteiger partial charge is 0.285 e. The van der Waals surface area contributed by atoms with Gasteiger partial charge in [0.2, 0.25) is 0 Å². The molecule has 0 aromatic carbocycles. The van der Waals surface area contributed by atoms with E-state index in [1.165, 1.54) is 16.0 Å². The molecule has 0 aliphatic carbocycles. The van der Waals surface area contributed by atoms with E-state index in [-0.39, 0.29) is 12.3 Å². The molecule has 0 atom stereocenters. The van der Waals surface area contributed by atoms with Crippen molar-refractivity contribution in [2.45, 2.75) is 6.54 Å². The van der Waals surface area contributed by atoms with Gasteiger partial charge in [0.05, 0.1) is 0 Å². The van der Waals surface area contributed by atoms with Crippen LogP contribution in [0, 0.1) is 0 Å². The zero-order valence-corrected chi connectivity index (χ0v) is 10.4. The number of rotatable bonds is 4. The first-order chi connectivity index (χ1) is 8.04. The number of thiazole rings is 1. The highest BCUT2D eigenvalue weighted by Crippen LogP contribution is 2.18. The summed E-state index contributed by atoms with van der Waals surface area (Å²) in [5, 5.41) is 6.78. The summed E-state index contributed by atoms with van der Waals surface area (Å²) >= 11 is 1.50. The van der Waals surface area contributed by atoms with Gasteiger partial charge in [0.1, 0.15) is 17.0 Å². The molecule has 0 unspecified atom stereocenters. The van der Waals surface area contributed by atoms with Crippen molar-refractivity contribution >= 4 is 21.5 Å². The number of aryl methyl sites for hydroxylation is 1. The highest BCUT2D eigenvalue weighted by molar-refractivity contribution is 7.85. The lowest BCUT2D eigenvalue weighted by Crippen LogP contribution is -2.40. The quantitative estimate of drug-likeness (QED) is 0.642. The molecule has 0 radical (unpaired) electrons. The predicted octanol–water partition coefficient (Wildman–Crippen LogP) is 0.380. The Morgan fingerprint density at radius 2 is 2.29 bits per heavy atom. The molecule has 6 nitrogen and oxygen atoms in total. The van der Waals surface area contributed by atoms with Gasteiger partial charge >= 0.3 is 0 Å². The summed E-state index contributed by atoms with van der Waals surface area (Å²) in [5.41, 5.74) is 0.878. The molecule has 2 aromatic rings. The highest BCUT2D eigenvalue weighted by Gasteiger charge is 2.11. The van der Waals surface area contributed by atoms with Crippen LogP contribution >= 0.6 is 11.3 Å². The molecule has 17 heavy (non-hydrogen) atoms. The summed E-state index contributed by atoms with van der Waals surface area (Å²) < 4.78 is 31.2. The fourth-order valence-electron chi connectivity index (χ4n) is 1.22. The predicted molar refractivity (Wildman–Crippen MR) is 62.0 cm³/mol. The van der Waals surface area contributed by atoms with Crippen molar-refractivity contribution in [2.75, 3.05) is 5.75 Å². The van der Waals surface area contributed by atoms with Crippen LogP contribution in [0.4, 0.5) is 0 Å². The van der Waals surface area contributed by atoms with Gasteiger partial charge in [-0.2, -0.15) is 8.42 Å². The first-order valence-corrected chi connectivity index (χ1v) is 7.24. The van der Waals surface area contributed by atoms with E-state index < -0.39 is 10.1 Å². The van der Waals surface area contributed by atoms with Crippen LogP contribution in [0.1, 0.15) is 0 Å². The van der Waals surface area contributed by atoms with Crippen LogP contribution in [0.25, 0.3) is 10.6 Å². The molecule has 2 aromatic heterocycles. The molecule has 2 rings (SSSR count). The van der Waals surface area contributed by atoms with Gasteiger partial charge in [-0.1, -0.05) is 4.68 Å². The normalized spacial score (nSPS) is 11.6. The first kappa shape index (κ1) is 12.1. The van der Waals surface area contributed by atoms with Gasteiger partial charge in [0, 0.05) is 23.2 Å². The van der Waals surface area contributed by atoms with Gasteiger partial charge in [-0.3, -0.25) is 4.55 Å². The van der Waals surface area contributed by atoms with Crippen molar-refractivity contribution in [3.05, 3.63) is 30.0 Å². The molecule has 0 spiro atoms. The number of hydrogen-bond donors (Lipinski definition) is 1. The van der Waals surface area contributed by atoms with E-state index in [4.69, 9.17) is 4.55 Å². The standard InChI is InChI=1S/C9H9N3O3S2/c13-17(14,15)6-4-12-3-1-8(7-11-12)9-10-2-5-16-9/h1-3,5,7H,4,6H2/p+1. The Balaban J connectivity index is 2.09. The van der Waals surface area contributed by atoms with Crippen LogP contribution in [-0.4, -0.2) is 28.8 Å². The molecule has 0 aliphatic heterocycles. The Hall–Kier alpha value is -1.38. The molecule has 0 bridgehead atoms. The smallest absolute Gasteiger partial charge is 0.271 e. The van der Waals surface area contributed by atoms with E-state index in [9.17, 15) is 8.42 Å². The number of nitrogens with zero attached hydrogens (tertiary/aromatic N) is 3. The summed E-state index contributed by atoms with van der Waals surface area (Å²) in [6.45, 7) is 0.122. The van der Waals surface area contributed by atoms with Gasteiger partial charge in [0.15, 0.2) is 12.7 Å². The number of hydrogen-bond acceptors (Lipinski definition) is 5. The lowest BCUT2D eigenvalue weighted by Gasteiger charge is -1.95. The Kier molecular flexibility index (Phi) is 3.46. The zero-order chi connectivity index (χ0) is 12.3. The lowest BCUT2D eigenvalue weighted by atomic mass is 10.3. The van der Waals surface area contributed by atoms with Gasteiger partial charge in [-0.05, 0) is 5.10 Å². The fraction of sp³-hybridized carbons (Fsp3) is 0.222. The molecule has 1 N–H and O–H groups in total. The Morgan fingerprint density at radius 1 is 1.47 bits per heavy atom. The molecular formula is C9H10N3O3S2+. The lowest BCUT2D eigenvalue weighted by molar-refractivity contribution is -0.750.